The van der Waals surface area contributed by atoms with E-state index in [4.69, 9.17) is 13.9 Å². The molecule has 0 radical (unpaired) electrons. The zero-order chi connectivity index (χ0) is 27.5. The van der Waals surface area contributed by atoms with Crippen molar-refractivity contribution in [3.05, 3.63) is 112 Å². The second-order valence-electron chi connectivity index (χ2n) is 9.56. The van der Waals surface area contributed by atoms with E-state index in [0.29, 0.717) is 28.2 Å². The van der Waals surface area contributed by atoms with Crippen molar-refractivity contribution in [2.24, 2.45) is 5.92 Å². The van der Waals surface area contributed by atoms with Crippen molar-refractivity contribution in [2.75, 3.05) is 14.2 Å². The van der Waals surface area contributed by atoms with E-state index in [1.54, 1.807) is 86.0 Å². The predicted molar refractivity (Wildman–Crippen MR) is 146 cm³/mol. The zero-order valence-corrected chi connectivity index (χ0v) is 21.5. The quantitative estimate of drug-likeness (QED) is 0.123. The Bertz CT molecular complexity index is 1540. The smallest absolute Gasteiger partial charge is 0.228 e. The molecule has 39 heavy (non-hydrogen) atoms. The van der Waals surface area contributed by atoms with Gasteiger partial charge in [0.05, 0.1) is 38.2 Å². The molecule has 0 N–H and O–H groups in total. The molecular weight excluding hydrogens is 498 g/mol. The summed E-state index contributed by atoms with van der Waals surface area (Å²) in [6.07, 6.45) is 4.38. The van der Waals surface area contributed by atoms with Gasteiger partial charge in [-0.25, -0.2) is 0 Å². The van der Waals surface area contributed by atoms with Gasteiger partial charge in [0, 0.05) is 16.7 Å². The molecule has 0 aliphatic heterocycles. The molecule has 0 amide bonds. The van der Waals surface area contributed by atoms with Crippen LogP contribution in [0.15, 0.2) is 89.6 Å². The van der Waals surface area contributed by atoms with Crippen LogP contribution in [-0.4, -0.2) is 36.8 Å². The van der Waals surface area contributed by atoms with E-state index >= 15 is 0 Å². The lowest BCUT2D eigenvalue weighted by molar-refractivity contribution is -0.533. The Morgan fingerprint density at radius 2 is 1.59 bits per heavy atom. The Morgan fingerprint density at radius 1 is 0.949 bits per heavy atom. The highest BCUT2D eigenvalue weighted by molar-refractivity contribution is 6.10. The molecule has 0 saturated heterocycles. The zero-order valence-electron chi connectivity index (χ0n) is 21.5. The molecule has 4 atom stereocenters. The second kappa shape index (κ2) is 10.9. The van der Waals surface area contributed by atoms with Crippen molar-refractivity contribution >= 4 is 28.6 Å². The van der Waals surface area contributed by atoms with Gasteiger partial charge in [0.2, 0.25) is 6.04 Å². The van der Waals surface area contributed by atoms with Gasteiger partial charge >= 0.3 is 0 Å². The Morgan fingerprint density at radius 3 is 2.23 bits per heavy atom. The van der Waals surface area contributed by atoms with Crippen molar-refractivity contribution in [3.63, 3.8) is 0 Å². The van der Waals surface area contributed by atoms with Crippen molar-refractivity contribution in [1.82, 2.24) is 0 Å². The number of hydrogen-bond acceptors (Lipinski definition) is 7. The summed E-state index contributed by atoms with van der Waals surface area (Å²) in [5, 5.41) is 13.4. The van der Waals surface area contributed by atoms with Crippen LogP contribution in [0.4, 0.5) is 0 Å². The lowest BCUT2D eigenvalue weighted by atomic mass is 9.64. The Kier molecular flexibility index (Phi) is 7.27. The summed E-state index contributed by atoms with van der Waals surface area (Å²) in [5.41, 5.74) is 2.56. The normalized spacial score (nSPS) is 21.2. The van der Waals surface area contributed by atoms with E-state index in [9.17, 15) is 19.7 Å². The summed E-state index contributed by atoms with van der Waals surface area (Å²) in [6.45, 7) is 0. The maximum atomic E-state index is 13.7. The lowest BCUT2D eigenvalue weighted by Crippen LogP contribution is -2.48. The number of methoxy groups -OCH3 is 2. The van der Waals surface area contributed by atoms with Crippen LogP contribution in [0, 0.1) is 16.0 Å². The van der Waals surface area contributed by atoms with Crippen LogP contribution in [-0.2, 0) is 9.59 Å². The van der Waals surface area contributed by atoms with Gasteiger partial charge in [-0.1, -0.05) is 36.4 Å². The summed E-state index contributed by atoms with van der Waals surface area (Å²) in [5.74, 6) is -2.39. The molecule has 1 aliphatic rings. The first-order chi connectivity index (χ1) is 18.9. The Hall–Kier alpha value is -4.72. The molecule has 4 aromatic rings. The van der Waals surface area contributed by atoms with Gasteiger partial charge in [-0.05, 0) is 65.2 Å². The minimum atomic E-state index is -1.20. The number of carbonyl (C=O) groups is 2. The third kappa shape index (κ3) is 5.18. The number of carbonyl (C=O) groups excluding carboxylic acids is 2. The van der Waals surface area contributed by atoms with Gasteiger partial charge in [0.25, 0.3) is 0 Å². The van der Waals surface area contributed by atoms with E-state index in [1.165, 1.54) is 19.4 Å². The van der Waals surface area contributed by atoms with Crippen molar-refractivity contribution in [3.8, 4) is 11.5 Å². The van der Waals surface area contributed by atoms with Crippen LogP contribution < -0.4 is 9.47 Å². The number of nitro groups is 1. The average molecular weight is 526 g/mol. The summed E-state index contributed by atoms with van der Waals surface area (Å²) < 4.78 is 15.9. The molecule has 1 aliphatic carbocycles. The molecule has 1 saturated carbocycles. The molecule has 1 aromatic heterocycles. The van der Waals surface area contributed by atoms with Crippen LogP contribution in [0.25, 0.3) is 17.0 Å². The molecule has 0 bridgehead atoms. The average Bonchev–Trinajstić information content (AvgIpc) is 3.43. The fraction of sp³-hybridized carbons (Fsp3) is 0.226. The van der Waals surface area contributed by atoms with Gasteiger partial charge in [0.1, 0.15) is 22.9 Å². The lowest BCUT2D eigenvalue weighted by Gasteiger charge is -2.36. The highest BCUT2D eigenvalue weighted by atomic mass is 16.6. The first-order valence-electron chi connectivity index (χ1n) is 12.5. The number of rotatable bonds is 8. The van der Waals surface area contributed by atoms with Gasteiger partial charge in [0.15, 0.2) is 5.78 Å². The maximum absolute atomic E-state index is 13.7. The van der Waals surface area contributed by atoms with Crippen LogP contribution in [0.2, 0.25) is 0 Å². The van der Waals surface area contributed by atoms with Crippen molar-refractivity contribution in [2.45, 2.75) is 24.3 Å². The van der Waals surface area contributed by atoms with E-state index in [2.05, 4.69) is 0 Å². The Labute approximate surface area is 225 Å². The van der Waals surface area contributed by atoms with Crippen LogP contribution in [0.3, 0.4) is 0 Å². The second-order valence-corrected chi connectivity index (χ2v) is 9.56. The van der Waals surface area contributed by atoms with Crippen molar-refractivity contribution < 1.29 is 28.4 Å². The number of fused-ring (bicyclic) bond motifs is 1. The fourth-order valence-corrected chi connectivity index (χ4v) is 5.47. The summed E-state index contributed by atoms with van der Waals surface area (Å²) in [6, 6.07) is 19.8. The minimum Gasteiger partial charge on any atom is -0.497 e. The SMILES string of the molecule is COc1ccc(/C=C/C(=O)C2C(=O)CC(c3ccc(OC)cc3)C([N+](=O)[O-])C2c2ccc3occc3c2)cc1. The highest BCUT2D eigenvalue weighted by Crippen LogP contribution is 2.46. The predicted octanol–water partition coefficient (Wildman–Crippen LogP) is 5.83. The van der Waals surface area contributed by atoms with Crippen molar-refractivity contribution in [1.29, 1.82) is 0 Å². The first kappa shape index (κ1) is 25.9. The summed E-state index contributed by atoms with van der Waals surface area (Å²) in [4.78, 5) is 39.6. The monoisotopic (exact) mass is 525 g/mol. The number of benzene rings is 3. The number of allylic oxidation sites excluding steroid dienone is 1. The van der Waals surface area contributed by atoms with Crippen LogP contribution in [0.1, 0.15) is 34.9 Å². The third-order valence-electron chi connectivity index (χ3n) is 7.42. The number of ether oxygens (including phenoxy) is 2. The van der Waals surface area contributed by atoms with Crippen LogP contribution in [0.5, 0.6) is 11.5 Å². The van der Waals surface area contributed by atoms with Gasteiger partial charge in [-0.2, -0.15) is 0 Å². The third-order valence-corrected chi connectivity index (χ3v) is 7.42. The van der Waals surface area contributed by atoms with Crippen LogP contribution >= 0.6 is 0 Å². The number of hydrogen-bond donors (Lipinski definition) is 0. The minimum absolute atomic E-state index is 0.116. The molecule has 198 valence electrons. The molecule has 4 unspecified atom stereocenters. The topological polar surface area (TPSA) is 109 Å². The van der Waals surface area contributed by atoms with E-state index in [1.807, 2.05) is 0 Å². The molecule has 0 spiro atoms. The molecule has 1 heterocycles. The number of Topliss-reactive ketones (excluding diaryl/α,β-unsaturated/α-hetero) is 1. The molecule has 1 fully saturated rings. The maximum Gasteiger partial charge on any atom is 0.228 e. The summed E-state index contributed by atoms with van der Waals surface area (Å²) in [7, 11) is 3.10. The number of furan rings is 1. The fourth-order valence-electron chi connectivity index (χ4n) is 5.47. The molecule has 5 rings (SSSR count). The largest absolute Gasteiger partial charge is 0.497 e. The molecular formula is C31H27NO7. The van der Waals surface area contributed by atoms with E-state index < -0.39 is 29.6 Å². The molecule has 3 aromatic carbocycles. The van der Waals surface area contributed by atoms with E-state index in [0.717, 1.165) is 10.9 Å². The first-order valence-corrected chi connectivity index (χ1v) is 12.5. The molecule has 8 nitrogen and oxygen atoms in total. The Balaban J connectivity index is 1.57. The van der Waals surface area contributed by atoms with Gasteiger partial charge in [-0.15, -0.1) is 0 Å². The number of ketones is 2. The standard InChI is InChI=1S/C31H27NO7/c1-37-23-9-3-19(4-10-23)5-13-26(33)30-27(34)18-25(20-6-11-24(38-2)12-7-20)31(32(35)36)29(30)22-8-14-28-21(17-22)15-16-39-28/h3-17,25,29-31H,18H2,1-2H3/b13-5+. The highest BCUT2D eigenvalue weighted by Gasteiger charge is 2.54. The number of nitrogens with zero attached hydrogens (tertiary/aromatic N) is 1. The van der Waals surface area contributed by atoms with Gasteiger partial charge in [-0.3, -0.25) is 19.7 Å². The van der Waals surface area contributed by atoms with Gasteiger partial charge < -0.3 is 13.9 Å². The summed E-state index contributed by atoms with van der Waals surface area (Å²) >= 11 is 0. The molecule has 8 heteroatoms. The van der Waals surface area contributed by atoms with E-state index in [-0.39, 0.29) is 17.1 Å².